The highest BCUT2D eigenvalue weighted by Crippen LogP contribution is 2.24. The van der Waals surface area contributed by atoms with Crippen LogP contribution in [-0.2, 0) is 0 Å². The fourth-order valence-electron chi connectivity index (χ4n) is 2.94. The molecule has 1 fully saturated rings. The Morgan fingerprint density at radius 3 is 2.42 bits per heavy atom. The lowest BCUT2D eigenvalue weighted by Crippen LogP contribution is -2.47. The van der Waals surface area contributed by atoms with Crippen LogP contribution in [0.15, 0.2) is 52.9 Å². The first kappa shape index (κ1) is 14.9. The van der Waals surface area contributed by atoms with E-state index in [9.17, 15) is 4.79 Å². The van der Waals surface area contributed by atoms with Gasteiger partial charge in [-0.15, -0.1) is 0 Å². The molecule has 5 nitrogen and oxygen atoms in total. The molecule has 0 bridgehead atoms. The summed E-state index contributed by atoms with van der Waals surface area (Å²) in [7, 11) is 2.08. The number of benzene rings is 2. The fourth-order valence-corrected chi connectivity index (χ4v) is 2.94. The molecule has 1 saturated heterocycles. The number of likely N-dealkylation sites (N-methyl/N-ethyl adjacent to an activating group) is 1. The minimum absolute atomic E-state index is 0.0900. The molecule has 0 spiro atoms. The zero-order valence-electron chi connectivity index (χ0n) is 13.6. The van der Waals surface area contributed by atoms with Crippen LogP contribution in [0.4, 0.5) is 0 Å². The van der Waals surface area contributed by atoms with E-state index in [-0.39, 0.29) is 5.91 Å². The van der Waals surface area contributed by atoms with E-state index in [2.05, 4.69) is 16.9 Å². The van der Waals surface area contributed by atoms with E-state index in [0.717, 1.165) is 42.8 Å². The molecule has 1 aliphatic heterocycles. The Bertz CT molecular complexity index is 829. The summed E-state index contributed by atoms with van der Waals surface area (Å²) in [6, 6.07) is 15.2. The van der Waals surface area contributed by atoms with Crippen molar-refractivity contribution in [2.45, 2.75) is 0 Å². The second-order valence-corrected chi connectivity index (χ2v) is 6.16. The average molecular weight is 321 g/mol. The molecule has 2 heterocycles. The first-order chi connectivity index (χ1) is 11.7. The van der Waals surface area contributed by atoms with Gasteiger partial charge in [0.15, 0.2) is 5.58 Å². The van der Waals surface area contributed by atoms with Crippen LogP contribution in [0.1, 0.15) is 10.4 Å². The number of para-hydroxylation sites is 2. The van der Waals surface area contributed by atoms with Gasteiger partial charge in [-0.1, -0.05) is 12.1 Å². The lowest BCUT2D eigenvalue weighted by molar-refractivity contribution is 0.0664. The third-order valence-corrected chi connectivity index (χ3v) is 4.46. The van der Waals surface area contributed by atoms with Gasteiger partial charge in [0.25, 0.3) is 5.91 Å². The van der Waals surface area contributed by atoms with Gasteiger partial charge < -0.3 is 14.2 Å². The van der Waals surface area contributed by atoms with E-state index < -0.39 is 0 Å². The molecule has 0 N–H and O–H groups in total. The largest absolute Gasteiger partial charge is 0.436 e. The van der Waals surface area contributed by atoms with Gasteiger partial charge in [0, 0.05) is 37.3 Å². The second kappa shape index (κ2) is 6.09. The minimum atomic E-state index is 0.0900. The maximum Gasteiger partial charge on any atom is 0.253 e. The highest BCUT2D eigenvalue weighted by atomic mass is 16.3. The molecule has 0 aliphatic carbocycles. The van der Waals surface area contributed by atoms with Gasteiger partial charge in [-0.05, 0) is 43.4 Å². The van der Waals surface area contributed by atoms with Gasteiger partial charge in [-0.25, -0.2) is 4.98 Å². The summed E-state index contributed by atoms with van der Waals surface area (Å²) in [6.45, 7) is 3.41. The number of amides is 1. The summed E-state index contributed by atoms with van der Waals surface area (Å²) < 4.78 is 5.77. The number of aromatic nitrogens is 1. The molecule has 5 heteroatoms. The summed E-state index contributed by atoms with van der Waals surface area (Å²) in [6.07, 6.45) is 0. The van der Waals surface area contributed by atoms with Crippen molar-refractivity contribution in [1.29, 1.82) is 0 Å². The molecule has 24 heavy (non-hydrogen) atoms. The number of rotatable bonds is 2. The lowest BCUT2D eigenvalue weighted by Gasteiger charge is -2.32. The standard InChI is InChI=1S/C19H19N3O2/c1-21-10-12-22(13-11-21)19(23)15-8-6-14(7-9-15)18-20-16-4-2-3-5-17(16)24-18/h2-9H,10-13H2,1H3. The topological polar surface area (TPSA) is 49.6 Å². The van der Waals surface area contributed by atoms with E-state index >= 15 is 0 Å². The summed E-state index contributed by atoms with van der Waals surface area (Å²) >= 11 is 0. The molecular weight excluding hydrogens is 302 g/mol. The first-order valence-corrected chi connectivity index (χ1v) is 8.14. The third kappa shape index (κ3) is 2.78. The Morgan fingerprint density at radius 2 is 1.71 bits per heavy atom. The molecule has 122 valence electrons. The summed E-state index contributed by atoms with van der Waals surface area (Å²) in [5, 5.41) is 0. The van der Waals surface area contributed by atoms with Crippen LogP contribution in [0, 0.1) is 0 Å². The van der Waals surface area contributed by atoms with Crippen molar-refractivity contribution >= 4 is 17.0 Å². The van der Waals surface area contributed by atoms with E-state index in [4.69, 9.17) is 4.42 Å². The molecule has 0 saturated carbocycles. The minimum Gasteiger partial charge on any atom is -0.436 e. The second-order valence-electron chi connectivity index (χ2n) is 6.16. The van der Waals surface area contributed by atoms with Gasteiger partial charge in [-0.2, -0.15) is 0 Å². The van der Waals surface area contributed by atoms with Crippen LogP contribution in [0.5, 0.6) is 0 Å². The number of hydrogen-bond donors (Lipinski definition) is 0. The quantitative estimate of drug-likeness (QED) is 0.728. The number of nitrogens with zero attached hydrogens (tertiary/aromatic N) is 3. The van der Waals surface area contributed by atoms with Crippen LogP contribution in [0.2, 0.25) is 0 Å². The normalized spacial score (nSPS) is 15.8. The van der Waals surface area contributed by atoms with E-state index in [1.54, 1.807) is 0 Å². The van der Waals surface area contributed by atoms with Crippen molar-refractivity contribution in [3.05, 3.63) is 54.1 Å². The molecule has 0 atom stereocenters. The molecule has 4 rings (SSSR count). The Hall–Kier alpha value is -2.66. The lowest BCUT2D eigenvalue weighted by atomic mass is 10.1. The summed E-state index contributed by atoms with van der Waals surface area (Å²) in [5.74, 6) is 0.669. The predicted octanol–water partition coefficient (Wildman–Crippen LogP) is 2.88. The highest BCUT2D eigenvalue weighted by Gasteiger charge is 2.20. The van der Waals surface area contributed by atoms with Crippen molar-refractivity contribution in [2.24, 2.45) is 0 Å². The zero-order chi connectivity index (χ0) is 16.5. The molecule has 3 aromatic rings. The van der Waals surface area contributed by atoms with Crippen molar-refractivity contribution in [3.8, 4) is 11.5 Å². The molecule has 0 unspecified atom stereocenters. The van der Waals surface area contributed by atoms with Gasteiger partial charge in [-0.3, -0.25) is 4.79 Å². The SMILES string of the molecule is CN1CCN(C(=O)c2ccc(-c3nc4ccccc4o3)cc2)CC1. The number of carbonyl (C=O) groups is 1. The molecule has 0 radical (unpaired) electrons. The number of carbonyl (C=O) groups excluding carboxylic acids is 1. The maximum atomic E-state index is 12.6. The molecule has 1 aliphatic rings. The maximum absolute atomic E-state index is 12.6. The van der Waals surface area contributed by atoms with Crippen LogP contribution >= 0.6 is 0 Å². The smallest absolute Gasteiger partial charge is 0.253 e. The van der Waals surface area contributed by atoms with Crippen LogP contribution < -0.4 is 0 Å². The Kier molecular flexibility index (Phi) is 3.78. The van der Waals surface area contributed by atoms with Gasteiger partial charge >= 0.3 is 0 Å². The van der Waals surface area contributed by atoms with Crippen molar-refractivity contribution in [3.63, 3.8) is 0 Å². The van der Waals surface area contributed by atoms with Crippen molar-refractivity contribution in [1.82, 2.24) is 14.8 Å². The van der Waals surface area contributed by atoms with E-state index in [1.807, 2.05) is 53.4 Å². The van der Waals surface area contributed by atoms with E-state index in [0.29, 0.717) is 11.5 Å². The van der Waals surface area contributed by atoms with Crippen LogP contribution in [0.25, 0.3) is 22.6 Å². The van der Waals surface area contributed by atoms with E-state index in [1.165, 1.54) is 0 Å². The Labute approximate surface area is 140 Å². The van der Waals surface area contributed by atoms with Gasteiger partial charge in [0.1, 0.15) is 5.52 Å². The summed E-state index contributed by atoms with van der Waals surface area (Å²) in [5.41, 5.74) is 3.19. The van der Waals surface area contributed by atoms with Crippen LogP contribution in [0.3, 0.4) is 0 Å². The number of hydrogen-bond acceptors (Lipinski definition) is 4. The zero-order valence-corrected chi connectivity index (χ0v) is 13.6. The first-order valence-electron chi connectivity index (χ1n) is 8.14. The van der Waals surface area contributed by atoms with Crippen molar-refractivity contribution in [2.75, 3.05) is 33.2 Å². The van der Waals surface area contributed by atoms with Gasteiger partial charge in [0.2, 0.25) is 5.89 Å². The predicted molar refractivity (Wildman–Crippen MR) is 92.8 cm³/mol. The molecular formula is C19H19N3O2. The number of fused-ring (bicyclic) bond motifs is 1. The molecule has 1 aromatic heterocycles. The van der Waals surface area contributed by atoms with Crippen molar-refractivity contribution < 1.29 is 9.21 Å². The molecule has 2 aromatic carbocycles. The fraction of sp³-hybridized carbons (Fsp3) is 0.263. The Balaban J connectivity index is 1.55. The number of piperazine rings is 1. The molecule has 1 amide bonds. The number of oxazole rings is 1. The van der Waals surface area contributed by atoms with Crippen LogP contribution in [-0.4, -0.2) is 53.9 Å². The monoisotopic (exact) mass is 321 g/mol. The average Bonchev–Trinajstić information content (AvgIpc) is 3.06. The summed E-state index contributed by atoms with van der Waals surface area (Å²) in [4.78, 5) is 21.2. The Morgan fingerprint density at radius 1 is 1.00 bits per heavy atom. The van der Waals surface area contributed by atoms with Gasteiger partial charge in [0.05, 0.1) is 0 Å². The highest BCUT2D eigenvalue weighted by molar-refractivity contribution is 5.94. The third-order valence-electron chi connectivity index (χ3n) is 4.46.